The Morgan fingerprint density at radius 3 is 2.79 bits per heavy atom. The summed E-state index contributed by atoms with van der Waals surface area (Å²) in [6.45, 7) is 0. The van der Waals surface area contributed by atoms with E-state index >= 15 is 0 Å². The van der Waals surface area contributed by atoms with Gasteiger partial charge in [-0.05, 0) is 12.1 Å². The van der Waals surface area contributed by atoms with E-state index in [1.807, 2.05) is 18.2 Å². The first-order chi connectivity index (χ1) is 6.70. The Hall–Kier alpha value is -1.000. The largest absolute Gasteiger partial charge is 0.384 e. The molecule has 0 aliphatic rings. The van der Waals surface area contributed by atoms with Crippen molar-refractivity contribution in [3.63, 3.8) is 0 Å². The fraction of sp³-hybridized carbons (Fsp3) is 0. The minimum atomic E-state index is 0.513. The zero-order chi connectivity index (χ0) is 10.1. The molecule has 0 atom stereocenters. The molecule has 5 heteroatoms. The van der Waals surface area contributed by atoms with E-state index in [-0.39, 0.29) is 0 Å². The number of halogens is 2. The Morgan fingerprint density at radius 1 is 1.43 bits per heavy atom. The first kappa shape index (κ1) is 9.55. The minimum Gasteiger partial charge on any atom is -0.384 e. The lowest BCUT2D eigenvalue weighted by molar-refractivity contribution is 1.10. The molecule has 0 aliphatic heterocycles. The molecule has 0 unspecified atom stereocenters. The van der Waals surface area contributed by atoms with Crippen LogP contribution in [0.25, 0.3) is 11.1 Å². The van der Waals surface area contributed by atoms with Crippen molar-refractivity contribution in [2.75, 3.05) is 5.73 Å². The summed E-state index contributed by atoms with van der Waals surface area (Å²) in [4.78, 5) is 0. The van der Waals surface area contributed by atoms with Crippen molar-refractivity contribution in [1.29, 1.82) is 0 Å². The maximum atomic E-state index is 6.07. The highest BCUT2D eigenvalue weighted by Crippen LogP contribution is 2.36. The molecule has 1 heterocycles. The molecule has 3 N–H and O–H groups in total. The minimum absolute atomic E-state index is 0.513. The number of benzene rings is 1. The highest BCUT2D eigenvalue weighted by Gasteiger charge is 2.11. The van der Waals surface area contributed by atoms with Crippen LogP contribution in [-0.4, -0.2) is 10.2 Å². The Morgan fingerprint density at radius 2 is 2.21 bits per heavy atom. The third-order valence-electron chi connectivity index (χ3n) is 1.90. The average molecular weight is 273 g/mol. The number of H-pyrrole nitrogens is 1. The van der Waals surface area contributed by atoms with Crippen molar-refractivity contribution in [2.45, 2.75) is 0 Å². The fourth-order valence-electron chi connectivity index (χ4n) is 1.25. The maximum Gasteiger partial charge on any atom is 0.126 e. The van der Waals surface area contributed by atoms with Crippen LogP contribution in [0.4, 0.5) is 5.82 Å². The molecule has 0 spiro atoms. The van der Waals surface area contributed by atoms with Gasteiger partial charge in [-0.3, -0.25) is 5.10 Å². The van der Waals surface area contributed by atoms with Gasteiger partial charge < -0.3 is 5.73 Å². The van der Waals surface area contributed by atoms with Crippen LogP contribution in [0.15, 0.2) is 28.9 Å². The number of rotatable bonds is 1. The Balaban J connectivity index is 2.68. The zero-order valence-electron chi connectivity index (χ0n) is 7.09. The number of nitrogens with two attached hydrogens (primary N) is 1. The van der Waals surface area contributed by atoms with Crippen LogP contribution in [0.1, 0.15) is 0 Å². The van der Waals surface area contributed by atoms with Crippen molar-refractivity contribution in [3.05, 3.63) is 33.9 Å². The number of nitrogens with zero attached hydrogens (tertiary/aromatic N) is 1. The van der Waals surface area contributed by atoms with Gasteiger partial charge in [0.15, 0.2) is 0 Å². The van der Waals surface area contributed by atoms with Crippen LogP contribution in [0.2, 0.25) is 5.02 Å². The number of aromatic nitrogens is 2. The van der Waals surface area contributed by atoms with E-state index < -0.39 is 0 Å². The number of anilines is 1. The van der Waals surface area contributed by atoms with Crippen molar-refractivity contribution in [3.8, 4) is 11.1 Å². The number of hydrogen-bond donors (Lipinski definition) is 2. The molecule has 1 aromatic heterocycles. The first-order valence-corrected chi connectivity index (χ1v) is 5.10. The smallest absolute Gasteiger partial charge is 0.126 e. The maximum absolute atomic E-state index is 6.07. The number of hydrogen-bond acceptors (Lipinski definition) is 2. The van der Waals surface area contributed by atoms with Gasteiger partial charge in [0, 0.05) is 20.6 Å². The Kier molecular flexibility index (Phi) is 2.48. The van der Waals surface area contributed by atoms with E-state index in [1.165, 1.54) is 0 Å². The molecule has 1 aromatic carbocycles. The van der Waals surface area contributed by atoms with Crippen LogP contribution in [0, 0.1) is 0 Å². The van der Waals surface area contributed by atoms with Crippen LogP contribution in [0.3, 0.4) is 0 Å². The average Bonchev–Trinajstić information content (AvgIpc) is 2.52. The monoisotopic (exact) mass is 271 g/mol. The predicted octanol–water partition coefficient (Wildman–Crippen LogP) is 3.07. The molecule has 3 nitrogen and oxygen atoms in total. The quantitative estimate of drug-likeness (QED) is 0.838. The first-order valence-electron chi connectivity index (χ1n) is 3.93. The number of nitrogen functional groups attached to an aromatic ring is 1. The molecule has 0 bridgehead atoms. The molecule has 0 aliphatic carbocycles. The summed E-state index contributed by atoms with van der Waals surface area (Å²) in [5, 5.41) is 7.17. The molecule has 14 heavy (non-hydrogen) atoms. The summed E-state index contributed by atoms with van der Waals surface area (Å²) in [6, 6.07) is 5.59. The zero-order valence-corrected chi connectivity index (χ0v) is 9.43. The lowest BCUT2D eigenvalue weighted by Crippen LogP contribution is -1.88. The van der Waals surface area contributed by atoms with Gasteiger partial charge >= 0.3 is 0 Å². The summed E-state index contributed by atoms with van der Waals surface area (Å²) in [6.07, 6.45) is 1.65. The number of nitrogens with one attached hydrogen (secondary N) is 1. The van der Waals surface area contributed by atoms with Crippen LogP contribution in [-0.2, 0) is 0 Å². The van der Waals surface area contributed by atoms with Crippen molar-refractivity contribution in [2.24, 2.45) is 0 Å². The standard InChI is InChI=1S/C9H7BrClN3/c10-6-2-1-3-7(11)8(6)5-4-13-14-9(5)12/h1-4H,(H3,12,13,14). The summed E-state index contributed by atoms with van der Waals surface area (Å²) in [5.41, 5.74) is 7.38. The van der Waals surface area contributed by atoms with E-state index in [0.29, 0.717) is 10.8 Å². The van der Waals surface area contributed by atoms with Crippen molar-refractivity contribution < 1.29 is 0 Å². The summed E-state index contributed by atoms with van der Waals surface area (Å²) in [7, 11) is 0. The molecule has 72 valence electrons. The summed E-state index contributed by atoms with van der Waals surface area (Å²) >= 11 is 9.49. The second-order valence-corrected chi connectivity index (χ2v) is 4.06. The van der Waals surface area contributed by atoms with E-state index in [9.17, 15) is 0 Å². The van der Waals surface area contributed by atoms with E-state index in [2.05, 4.69) is 26.1 Å². The third kappa shape index (κ3) is 1.51. The molecular weight excluding hydrogens is 265 g/mol. The topological polar surface area (TPSA) is 54.7 Å². The second-order valence-electron chi connectivity index (χ2n) is 2.79. The molecule has 0 saturated heterocycles. The Labute approximate surface area is 94.4 Å². The lowest BCUT2D eigenvalue weighted by Gasteiger charge is -2.04. The molecule has 2 aromatic rings. The SMILES string of the molecule is Nc1[nH]ncc1-c1c(Cl)cccc1Br. The summed E-state index contributed by atoms with van der Waals surface area (Å²) in [5.74, 6) is 0.513. The van der Waals surface area contributed by atoms with Gasteiger partial charge in [0.1, 0.15) is 5.82 Å². The normalized spacial score (nSPS) is 10.4. The molecule has 0 radical (unpaired) electrons. The molecular formula is C9H7BrClN3. The van der Waals surface area contributed by atoms with E-state index in [0.717, 1.165) is 15.6 Å². The van der Waals surface area contributed by atoms with Gasteiger partial charge in [0.2, 0.25) is 0 Å². The molecule has 0 fully saturated rings. The third-order valence-corrected chi connectivity index (χ3v) is 2.88. The fourth-order valence-corrected chi connectivity index (χ4v) is 2.22. The molecule has 2 rings (SSSR count). The Bertz CT molecular complexity index is 447. The second kappa shape index (κ2) is 3.63. The molecule has 0 amide bonds. The van der Waals surface area contributed by atoms with Gasteiger partial charge in [0.25, 0.3) is 0 Å². The van der Waals surface area contributed by atoms with Crippen LogP contribution >= 0.6 is 27.5 Å². The lowest BCUT2D eigenvalue weighted by atomic mass is 10.1. The van der Waals surface area contributed by atoms with E-state index in [4.69, 9.17) is 17.3 Å². The van der Waals surface area contributed by atoms with Gasteiger partial charge in [-0.15, -0.1) is 0 Å². The van der Waals surface area contributed by atoms with Crippen molar-refractivity contribution >= 4 is 33.3 Å². The highest BCUT2D eigenvalue weighted by molar-refractivity contribution is 9.10. The molecule has 0 saturated carbocycles. The van der Waals surface area contributed by atoms with Crippen LogP contribution in [0.5, 0.6) is 0 Å². The van der Waals surface area contributed by atoms with Gasteiger partial charge in [-0.25, -0.2) is 0 Å². The highest BCUT2D eigenvalue weighted by atomic mass is 79.9. The van der Waals surface area contributed by atoms with Gasteiger partial charge in [-0.2, -0.15) is 5.10 Å². The number of aromatic amines is 1. The summed E-state index contributed by atoms with van der Waals surface area (Å²) < 4.78 is 0.901. The van der Waals surface area contributed by atoms with Crippen LogP contribution < -0.4 is 5.73 Å². The van der Waals surface area contributed by atoms with Gasteiger partial charge in [0.05, 0.1) is 6.20 Å². The van der Waals surface area contributed by atoms with E-state index in [1.54, 1.807) is 6.20 Å². The van der Waals surface area contributed by atoms with Gasteiger partial charge in [-0.1, -0.05) is 33.6 Å². The predicted molar refractivity (Wildman–Crippen MR) is 61.1 cm³/mol. The van der Waals surface area contributed by atoms with Crippen molar-refractivity contribution in [1.82, 2.24) is 10.2 Å².